The molecule has 0 bridgehead atoms. The molecule has 0 aliphatic rings. The molecule has 0 rings (SSSR count). The molecule has 0 radical (unpaired) electrons. The van der Waals surface area contributed by atoms with Crippen LogP contribution in [0.5, 0.6) is 0 Å². The van der Waals surface area contributed by atoms with Gasteiger partial charge in [-0.2, -0.15) is 0 Å². The van der Waals surface area contributed by atoms with Crippen LogP contribution in [0.1, 0.15) is 20.8 Å². The molecular weight excluding hydrogens is 212 g/mol. The molecule has 78 valence electrons. The van der Waals surface area contributed by atoms with Crippen LogP contribution >= 0.6 is 0 Å². The standard InChI is InChI=1S/C6H16OSi.3H2O.Ti/c1-4-8(7,5-2)6-3;;;;/h7H,4-6H2,1-3H3;3*1H2;. The molecule has 0 aliphatic carbocycles. The Bertz CT molecular complexity index is 62.3. The molecule has 0 saturated carbocycles. The van der Waals surface area contributed by atoms with Gasteiger partial charge in [0.15, 0.2) is 8.32 Å². The fraction of sp³-hybridized carbons (Fsp3) is 1.00. The zero-order chi connectivity index (χ0) is 6.62. The second-order valence-electron chi connectivity index (χ2n) is 2.29. The van der Waals surface area contributed by atoms with E-state index in [1.54, 1.807) is 0 Å². The maximum Gasteiger partial charge on any atom is 0.187 e. The molecule has 4 nitrogen and oxygen atoms in total. The minimum atomic E-state index is -1.67. The van der Waals surface area contributed by atoms with E-state index >= 15 is 0 Å². The van der Waals surface area contributed by atoms with E-state index in [1.165, 1.54) is 0 Å². The smallest absolute Gasteiger partial charge is 0.187 e. The van der Waals surface area contributed by atoms with Gasteiger partial charge in [-0.25, -0.2) is 0 Å². The number of hydrogen-bond donors (Lipinski definition) is 1. The summed E-state index contributed by atoms with van der Waals surface area (Å²) in [5.41, 5.74) is 0. The van der Waals surface area contributed by atoms with Crippen molar-refractivity contribution in [3.63, 3.8) is 0 Å². The van der Waals surface area contributed by atoms with Gasteiger partial charge in [-0.1, -0.05) is 20.8 Å². The van der Waals surface area contributed by atoms with Gasteiger partial charge in [-0.15, -0.1) is 0 Å². The topological polar surface area (TPSA) is 115 Å². The predicted octanol–water partition coefficient (Wildman–Crippen LogP) is -0.493. The average molecular weight is 234 g/mol. The van der Waals surface area contributed by atoms with E-state index in [1.807, 2.05) is 0 Å². The largest absolute Gasteiger partial charge is 0.432 e. The predicted molar refractivity (Wildman–Crippen MR) is 50.3 cm³/mol. The van der Waals surface area contributed by atoms with Crippen LogP contribution in [0.3, 0.4) is 0 Å². The van der Waals surface area contributed by atoms with E-state index in [4.69, 9.17) is 0 Å². The number of rotatable bonds is 3. The molecule has 0 amide bonds. The minimum absolute atomic E-state index is 0. The zero-order valence-corrected chi connectivity index (χ0v) is 10.6. The summed E-state index contributed by atoms with van der Waals surface area (Å²) in [6.07, 6.45) is 0. The summed E-state index contributed by atoms with van der Waals surface area (Å²) < 4.78 is 0. The Labute approximate surface area is 90.3 Å². The van der Waals surface area contributed by atoms with Gasteiger partial charge >= 0.3 is 0 Å². The van der Waals surface area contributed by atoms with Crippen LogP contribution in [-0.4, -0.2) is 29.5 Å². The normalized spacial score (nSPS) is 8.00. The van der Waals surface area contributed by atoms with Crippen LogP contribution in [0.2, 0.25) is 18.1 Å². The summed E-state index contributed by atoms with van der Waals surface area (Å²) in [5.74, 6) is 0. The van der Waals surface area contributed by atoms with Gasteiger partial charge in [0.05, 0.1) is 0 Å². The molecular formula is C6H22O4SiTi. The van der Waals surface area contributed by atoms with E-state index in [-0.39, 0.29) is 38.1 Å². The monoisotopic (exact) mass is 234 g/mol. The third kappa shape index (κ3) is 10.8. The Morgan fingerprint density at radius 2 is 1.00 bits per heavy atom. The van der Waals surface area contributed by atoms with Gasteiger partial charge in [0.2, 0.25) is 0 Å². The second kappa shape index (κ2) is 14.3. The van der Waals surface area contributed by atoms with Crippen molar-refractivity contribution in [1.82, 2.24) is 0 Å². The molecule has 0 aliphatic heterocycles. The first-order chi connectivity index (χ1) is 3.68. The summed E-state index contributed by atoms with van der Waals surface area (Å²) in [6, 6.07) is 3.04. The van der Waals surface area contributed by atoms with Crippen molar-refractivity contribution in [3.05, 3.63) is 0 Å². The van der Waals surface area contributed by atoms with E-state index in [0.717, 1.165) is 18.1 Å². The summed E-state index contributed by atoms with van der Waals surface area (Å²) >= 11 is 0. The molecule has 0 atom stereocenters. The van der Waals surface area contributed by atoms with Crippen molar-refractivity contribution in [2.24, 2.45) is 0 Å². The Morgan fingerprint density at radius 3 is 1.00 bits per heavy atom. The minimum Gasteiger partial charge on any atom is -0.432 e. The Morgan fingerprint density at radius 1 is 0.833 bits per heavy atom. The molecule has 0 aromatic heterocycles. The molecule has 0 aromatic carbocycles. The molecule has 0 fully saturated rings. The first kappa shape index (κ1) is 29.3. The third-order valence-corrected chi connectivity index (χ3v) is 5.92. The maximum atomic E-state index is 9.58. The molecule has 6 heteroatoms. The first-order valence-corrected chi connectivity index (χ1v) is 5.97. The maximum absolute atomic E-state index is 9.58. The Hall–Kier alpha value is 0.771. The second-order valence-corrected chi connectivity index (χ2v) is 6.86. The summed E-state index contributed by atoms with van der Waals surface area (Å²) in [6.45, 7) is 6.25. The molecule has 0 spiro atoms. The van der Waals surface area contributed by atoms with Crippen molar-refractivity contribution >= 4 is 8.32 Å². The van der Waals surface area contributed by atoms with Gasteiger partial charge in [0.25, 0.3) is 0 Å². The van der Waals surface area contributed by atoms with Crippen molar-refractivity contribution < 1.29 is 42.9 Å². The fourth-order valence-electron chi connectivity index (χ4n) is 0.750. The molecule has 12 heavy (non-hydrogen) atoms. The third-order valence-electron chi connectivity index (χ3n) is 1.97. The van der Waals surface area contributed by atoms with E-state index in [0.29, 0.717) is 0 Å². The van der Waals surface area contributed by atoms with E-state index in [9.17, 15) is 4.80 Å². The molecule has 0 unspecified atom stereocenters. The molecule has 0 saturated heterocycles. The summed E-state index contributed by atoms with van der Waals surface area (Å²) in [5, 5.41) is 0. The first-order valence-electron chi connectivity index (χ1n) is 3.41. The van der Waals surface area contributed by atoms with Gasteiger partial charge in [-0.05, 0) is 18.1 Å². The Balaban J connectivity index is -0.0000000408. The van der Waals surface area contributed by atoms with Crippen molar-refractivity contribution in [2.45, 2.75) is 38.9 Å². The SMILES string of the molecule is CC[Si](O)(CC)CC.O.O.O.[Ti]. The average Bonchev–Trinajstić information content (AvgIpc) is 1.87. The molecule has 0 heterocycles. The van der Waals surface area contributed by atoms with Crippen LogP contribution < -0.4 is 0 Å². The fourth-order valence-corrected chi connectivity index (χ4v) is 2.25. The van der Waals surface area contributed by atoms with Crippen molar-refractivity contribution in [3.8, 4) is 0 Å². The van der Waals surface area contributed by atoms with Crippen LogP contribution in [0.4, 0.5) is 0 Å². The van der Waals surface area contributed by atoms with Crippen molar-refractivity contribution in [2.75, 3.05) is 0 Å². The Kier molecular flexibility index (Phi) is 34.9. The van der Waals surface area contributed by atoms with Crippen molar-refractivity contribution in [1.29, 1.82) is 0 Å². The van der Waals surface area contributed by atoms with Gasteiger partial charge in [0.1, 0.15) is 0 Å². The quantitative estimate of drug-likeness (QED) is 0.652. The van der Waals surface area contributed by atoms with Gasteiger partial charge in [0, 0.05) is 21.7 Å². The van der Waals surface area contributed by atoms with E-state index < -0.39 is 8.32 Å². The van der Waals surface area contributed by atoms with Crippen LogP contribution in [-0.2, 0) is 21.7 Å². The molecule has 0 aromatic rings. The van der Waals surface area contributed by atoms with Gasteiger partial charge < -0.3 is 21.2 Å². The van der Waals surface area contributed by atoms with Gasteiger partial charge in [-0.3, -0.25) is 0 Å². The van der Waals surface area contributed by atoms with Crippen LogP contribution in [0, 0.1) is 0 Å². The van der Waals surface area contributed by atoms with Crippen LogP contribution in [0.25, 0.3) is 0 Å². The molecule has 7 N–H and O–H groups in total. The zero-order valence-electron chi connectivity index (χ0n) is 8.07. The number of hydrogen-bond acceptors (Lipinski definition) is 1. The summed E-state index contributed by atoms with van der Waals surface area (Å²) in [7, 11) is -1.67. The van der Waals surface area contributed by atoms with E-state index in [2.05, 4.69) is 20.8 Å². The summed E-state index contributed by atoms with van der Waals surface area (Å²) in [4.78, 5) is 9.58. The van der Waals surface area contributed by atoms with Crippen LogP contribution in [0.15, 0.2) is 0 Å².